The molecule has 1 aromatic carbocycles. The zero-order valence-corrected chi connectivity index (χ0v) is 11.0. The molecule has 3 nitrogen and oxygen atoms in total. The van der Waals surface area contributed by atoms with Crippen LogP contribution >= 0.6 is 0 Å². The lowest BCUT2D eigenvalue weighted by Crippen LogP contribution is -2.38. The topological polar surface area (TPSA) is 38.3 Å². The summed E-state index contributed by atoms with van der Waals surface area (Å²) in [6, 6.07) is 4.60. The molecular weight excluding hydrogens is 245 g/mol. The van der Waals surface area contributed by atoms with Gasteiger partial charge in [-0.2, -0.15) is 0 Å². The Morgan fingerprint density at radius 3 is 2.79 bits per heavy atom. The van der Waals surface area contributed by atoms with E-state index >= 15 is 0 Å². The lowest BCUT2D eigenvalue weighted by molar-refractivity contribution is 0.0922. The van der Waals surface area contributed by atoms with E-state index in [1.165, 1.54) is 38.5 Å². The summed E-state index contributed by atoms with van der Waals surface area (Å²) in [6.07, 6.45) is 4.83. The van der Waals surface area contributed by atoms with Crippen LogP contribution < -0.4 is 10.1 Å². The van der Waals surface area contributed by atoms with E-state index in [9.17, 15) is 9.18 Å². The quantitative estimate of drug-likeness (QED) is 0.910. The van der Waals surface area contributed by atoms with Gasteiger partial charge in [-0.25, -0.2) is 4.39 Å². The first-order valence-electron chi connectivity index (χ1n) is 6.82. The van der Waals surface area contributed by atoms with Gasteiger partial charge in [0.05, 0.1) is 7.11 Å². The predicted octanol–water partition coefficient (Wildman–Crippen LogP) is 2.75. The third-order valence-corrected chi connectivity index (χ3v) is 4.47. The Kier molecular flexibility index (Phi) is 3.17. The molecular formula is C15H18FNO2. The van der Waals surface area contributed by atoms with Crippen LogP contribution in [0.5, 0.6) is 5.75 Å². The van der Waals surface area contributed by atoms with E-state index in [0.29, 0.717) is 11.5 Å². The molecule has 4 heteroatoms. The standard InChI is InChI=1S/C15H18FNO2/c1-19-14-5-4-11(8-12(14)16)15(18)17-13-7-9-2-3-10(13)6-9/h4-5,8-10,13H,2-3,6-7H2,1H3,(H,17,18)/t9-,10-,13-/m1/s1. The predicted molar refractivity (Wildman–Crippen MR) is 69.7 cm³/mol. The fourth-order valence-corrected chi connectivity index (χ4v) is 3.48. The number of nitrogens with one attached hydrogen (secondary N) is 1. The van der Waals surface area contributed by atoms with Gasteiger partial charge in [-0.05, 0) is 49.3 Å². The fourth-order valence-electron chi connectivity index (χ4n) is 3.48. The molecule has 1 aromatic rings. The molecule has 0 spiro atoms. The summed E-state index contributed by atoms with van der Waals surface area (Å²) in [6.45, 7) is 0. The normalized spacial score (nSPS) is 28.4. The highest BCUT2D eigenvalue weighted by Crippen LogP contribution is 2.44. The zero-order valence-electron chi connectivity index (χ0n) is 11.0. The van der Waals surface area contributed by atoms with Crippen molar-refractivity contribution in [2.75, 3.05) is 7.11 Å². The number of rotatable bonds is 3. The minimum absolute atomic E-state index is 0.163. The maximum atomic E-state index is 13.6. The molecule has 2 aliphatic rings. The number of hydrogen-bond donors (Lipinski definition) is 1. The van der Waals surface area contributed by atoms with Gasteiger partial charge in [0.2, 0.25) is 0 Å². The van der Waals surface area contributed by atoms with E-state index in [-0.39, 0.29) is 17.7 Å². The van der Waals surface area contributed by atoms with Crippen LogP contribution in [0.15, 0.2) is 18.2 Å². The Hall–Kier alpha value is -1.58. The van der Waals surface area contributed by atoms with Crippen molar-refractivity contribution < 1.29 is 13.9 Å². The first-order valence-corrected chi connectivity index (χ1v) is 6.82. The largest absolute Gasteiger partial charge is 0.494 e. The fraction of sp³-hybridized carbons (Fsp3) is 0.533. The minimum Gasteiger partial charge on any atom is -0.494 e. The van der Waals surface area contributed by atoms with Crippen LogP contribution in [-0.2, 0) is 0 Å². The number of amides is 1. The zero-order chi connectivity index (χ0) is 13.4. The van der Waals surface area contributed by atoms with E-state index in [1.807, 2.05) is 0 Å². The number of benzene rings is 1. The van der Waals surface area contributed by atoms with E-state index in [2.05, 4.69) is 5.32 Å². The SMILES string of the molecule is COc1ccc(C(=O)N[C@@H]2C[C@@H]3CC[C@@H]2C3)cc1F. The van der Waals surface area contributed by atoms with Gasteiger partial charge in [0.25, 0.3) is 5.91 Å². The van der Waals surface area contributed by atoms with Gasteiger partial charge >= 0.3 is 0 Å². The Morgan fingerprint density at radius 2 is 2.21 bits per heavy atom. The molecule has 2 fully saturated rings. The molecule has 0 radical (unpaired) electrons. The molecule has 0 aliphatic heterocycles. The summed E-state index contributed by atoms with van der Waals surface area (Å²) in [5, 5.41) is 3.04. The van der Waals surface area contributed by atoms with Crippen LogP contribution in [0, 0.1) is 17.7 Å². The minimum atomic E-state index is -0.497. The molecule has 3 rings (SSSR count). The van der Waals surface area contributed by atoms with Crippen LogP contribution in [0.4, 0.5) is 4.39 Å². The van der Waals surface area contributed by atoms with E-state index in [1.54, 1.807) is 6.07 Å². The number of fused-ring (bicyclic) bond motifs is 2. The first kappa shape index (κ1) is 12.5. The van der Waals surface area contributed by atoms with Crippen LogP contribution in [-0.4, -0.2) is 19.1 Å². The van der Waals surface area contributed by atoms with Crippen molar-refractivity contribution in [2.45, 2.75) is 31.7 Å². The van der Waals surface area contributed by atoms with Gasteiger partial charge in [0, 0.05) is 11.6 Å². The van der Waals surface area contributed by atoms with E-state index < -0.39 is 5.82 Å². The number of hydrogen-bond acceptors (Lipinski definition) is 2. The molecule has 3 atom stereocenters. The molecule has 1 amide bonds. The molecule has 2 bridgehead atoms. The second-order valence-corrected chi connectivity index (χ2v) is 5.60. The van der Waals surface area contributed by atoms with Gasteiger partial charge in [-0.3, -0.25) is 4.79 Å². The maximum absolute atomic E-state index is 13.6. The molecule has 2 saturated carbocycles. The first-order chi connectivity index (χ1) is 9.17. The van der Waals surface area contributed by atoms with Gasteiger partial charge in [0.15, 0.2) is 11.6 Å². The number of halogens is 1. The Labute approximate surface area is 112 Å². The summed E-state index contributed by atoms with van der Waals surface area (Å²) in [5.41, 5.74) is 0.362. The summed E-state index contributed by atoms with van der Waals surface area (Å²) >= 11 is 0. The average Bonchev–Trinajstić information content (AvgIpc) is 3.00. The lowest BCUT2D eigenvalue weighted by Gasteiger charge is -2.22. The Balaban J connectivity index is 1.69. The lowest BCUT2D eigenvalue weighted by atomic mass is 9.95. The van der Waals surface area contributed by atoms with Crippen molar-refractivity contribution in [3.05, 3.63) is 29.6 Å². The second-order valence-electron chi connectivity index (χ2n) is 5.60. The summed E-state index contributed by atoms with van der Waals surface area (Å²) in [4.78, 5) is 12.1. The smallest absolute Gasteiger partial charge is 0.251 e. The summed E-state index contributed by atoms with van der Waals surface area (Å²) in [5.74, 6) is 0.888. The Bertz CT molecular complexity index is 503. The molecule has 0 heterocycles. The van der Waals surface area contributed by atoms with Gasteiger partial charge < -0.3 is 10.1 Å². The Morgan fingerprint density at radius 1 is 1.37 bits per heavy atom. The van der Waals surface area contributed by atoms with Crippen LogP contribution in [0.1, 0.15) is 36.0 Å². The van der Waals surface area contributed by atoms with Crippen LogP contribution in [0.3, 0.4) is 0 Å². The van der Waals surface area contributed by atoms with Crippen LogP contribution in [0.25, 0.3) is 0 Å². The number of methoxy groups -OCH3 is 1. The van der Waals surface area contributed by atoms with Crippen molar-refractivity contribution >= 4 is 5.91 Å². The molecule has 102 valence electrons. The maximum Gasteiger partial charge on any atom is 0.251 e. The highest BCUT2D eigenvalue weighted by molar-refractivity contribution is 5.94. The highest BCUT2D eigenvalue weighted by Gasteiger charge is 2.40. The van der Waals surface area contributed by atoms with E-state index in [4.69, 9.17) is 4.74 Å². The average molecular weight is 263 g/mol. The molecule has 0 aromatic heterocycles. The molecule has 0 unspecified atom stereocenters. The van der Waals surface area contributed by atoms with Crippen molar-refractivity contribution in [3.63, 3.8) is 0 Å². The number of carbonyl (C=O) groups is 1. The third kappa shape index (κ3) is 2.31. The summed E-state index contributed by atoms with van der Waals surface area (Å²) in [7, 11) is 1.41. The molecule has 2 aliphatic carbocycles. The van der Waals surface area contributed by atoms with Gasteiger partial charge in [-0.1, -0.05) is 6.42 Å². The van der Waals surface area contributed by atoms with Crippen molar-refractivity contribution in [2.24, 2.45) is 11.8 Å². The monoisotopic (exact) mass is 263 g/mol. The number of ether oxygens (including phenoxy) is 1. The molecule has 0 saturated heterocycles. The highest BCUT2D eigenvalue weighted by atomic mass is 19.1. The van der Waals surface area contributed by atoms with Crippen LogP contribution in [0.2, 0.25) is 0 Å². The number of carbonyl (C=O) groups excluding carboxylic acids is 1. The van der Waals surface area contributed by atoms with Crippen molar-refractivity contribution in [1.29, 1.82) is 0 Å². The molecule has 1 N–H and O–H groups in total. The van der Waals surface area contributed by atoms with E-state index in [0.717, 1.165) is 12.3 Å². The van der Waals surface area contributed by atoms with Gasteiger partial charge in [0.1, 0.15) is 0 Å². The van der Waals surface area contributed by atoms with Gasteiger partial charge in [-0.15, -0.1) is 0 Å². The summed E-state index contributed by atoms with van der Waals surface area (Å²) < 4.78 is 18.4. The third-order valence-electron chi connectivity index (χ3n) is 4.47. The van der Waals surface area contributed by atoms with Crippen molar-refractivity contribution in [1.82, 2.24) is 5.32 Å². The van der Waals surface area contributed by atoms with Crippen molar-refractivity contribution in [3.8, 4) is 5.75 Å². The molecule has 19 heavy (non-hydrogen) atoms. The second kappa shape index (κ2) is 4.83.